The van der Waals surface area contributed by atoms with Crippen LogP contribution in [0.2, 0.25) is 0 Å². The predicted octanol–water partition coefficient (Wildman–Crippen LogP) is 2.15. The van der Waals surface area contributed by atoms with E-state index in [2.05, 4.69) is 9.73 Å². The minimum absolute atomic E-state index is 0.126. The van der Waals surface area contributed by atoms with Crippen LogP contribution < -0.4 is 0 Å². The van der Waals surface area contributed by atoms with Crippen molar-refractivity contribution in [3.63, 3.8) is 0 Å². The maximum atomic E-state index is 11.0. The van der Waals surface area contributed by atoms with Gasteiger partial charge in [0.25, 0.3) is 0 Å². The average molecular weight is 211 g/mol. The van der Waals surface area contributed by atoms with Crippen molar-refractivity contribution in [3.8, 4) is 0 Å². The third-order valence-corrected chi connectivity index (χ3v) is 1.60. The van der Waals surface area contributed by atoms with Crippen LogP contribution in [0.4, 0.5) is 5.88 Å². The Labute approximate surface area is 87.7 Å². The number of furan rings is 1. The summed E-state index contributed by atoms with van der Waals surface area (Å²) in [7, 11) is 1.29. The lowest BCUT2D eigenvalue weighted by Crippen LogP contribution is -1.98. The molecule has 0 aliphatic carbocycles. The number of rotatable bonds is 3. The first-order chi connectivity index (χ1) is 7.17. The first-order valence-electron chi connectivity index (χ1n) is 4.53. The Morgan fingerprint density at radius 2 is 2.27 bits per heavy atom. The number of nitrogens with zero attached hydrogens (tertiary/aromatic N) is 1. The first-order valence-corrected chi connectivity index (χ1v) is 4.53. The molecule has 1 heterocycles. The highest BCUT2D eigenvalue weighted by atomic mass is 16.5. The highest BCUT2D eigenvalue weighted by Crippen LogP contribution is 2.17. The third-order valence-electron chi connectivity index (χ3n) is 1.60. The van der Waals surface area contributed by atoms with Gasteiger partial charge in [-0.25, -0.2) is 4.79 Å². The normalized spacial score (nSPS) is 11.3. The van der Waals surface area contributed by atoms with Crippen LogP contribution in [0.3, 0.4) is 0 Å². The summed E-state index contributed by atoms with van der Waals surface area (Å²) in [6.45, 7) is 4.12. The van der Waals surface area contributed by atoms with Gasteiger partial charge in [0.2, 0.25) is 11.6 Å². The Morgan fingerprint density at radius 1 is 1.53 bits per heavy atom. The molecule has 0 fully saturated rings. The molecule has 1 aromatic rings. The number of carbonyl (C=O) groups is 1. The lowest BCUT2D eigenvalue weighted by atomic mass is 10.4. The predicted molar refractivity (Wildman–Crippen MR) is 54.4 cm³/mol. The molecule has 0 aliphatic rings. The first kappa shape index (κ1) is 11.3. The van der Waals surface area contributed by atoms with Gasteiger partial charge in [-0.1, -0.05) is 0 Å². The molecule has 0 saturated heterocycles. The maximum Gasteiger partial charge on any atom is 0.374 e. The van der Waals surface area contributed by atoms with E-state index < -0.39 is 5.97 Å². The molecule has 0 aromatic carbocycles. The summed E-state index contributed by atoms with van der Waals surface area (Å²) in [4.78, 5) is 15.0. The molecule has 5 nitrogen and oxygen atoms in total. The highest BCUT2D eigenvalue weighted by Gasteiger charge is 2.10. The van der Waals surface area contributed by atoms with E-state index in [9.17, 15) is 4.79 Å². The number of ether oxygens (including phenoxy) is 2. The standard InChI is InChI=1S/C10H13NO4/c1-4-14-7(2)11-9-6-5-8(15-9)10(12)13-3/h5-6H,4H2,1-3H3/b11-7+. The van der Waals surface area contributed by atoms with Crippen molar-refractivity contribution in [1.29, 1.82) is 0 Å². The van der Waals surface area contributed by atoms with E-state index in [0.29, 0.717) is 18.4 Å². The van der Waals surface area contributed by atoms with E-state index >= 15 is 0 Å². The van der Waals surface area contributed by atoms with Crippen molar-refractivity contribution in [1.82, 2.24) is 0 Å². The molecule has 0 saturated carbocycles. The molecule has 0 amide bonds. The van der Waals surface area contributed by atoms with Gasteiger partial charge in [-0.2, -0.15) is 4.99 Å². The van der Waals surface area contributed by atoms with E-state index in [4.69, 9.17) is 9.15 Å². The Morgan fingerprint density at radius 3 is 2.87 bits per heavy atom. The van der Waals surface area contributed by atoms with Crippen LogP contribution in [-0.4, -0.2) is 25.6 Å². The molecule has 1 rings (SSSR count). The summed E-state index contributed by atoms with van der Waals surface area (Å²) in [6.07, 6.45) is 0. The number of methoxy groups -OCH3 is 1. The van der Waals surface area contributed by atoms with Gasteiger partial charge in [0.15, 0.2) is 5.90 Å². The van der Waals surface area contributed by atoms with E-state index in [1.807, 2.05) is 6.92 Å². The molecule has 5 heteroatoms. The molecule has 0 atom stereocenters. The molecule has 0 N–H and O–H groups in total. The molecule has 0 spiro atoms. The molecule has 82 valence electrons. The number of aliphatic imine (C=N–C) groups is 1. The number of hydrogen-bond donors (Lipinski definition) is 0. The fraction of sp³-hybridized carbons (Fsp3) is 0.400. The van der Waals surface area contributed by atoms with Gasteiger partial charge in [-0.15, -0.1) is 0 Å². The fourth-order valence-corrected chi connectivity index (χ4v) is 0.994. The molecule has 15 heavy (non-hydrogen) atoms. The summed E-state index contributed by atoms with van der Waals surface area (Å²) < 4.78 is 14.7. The fourth-order valence-electron chi connectivity index (χ4n) is 0.994. The second-order valence-corrected chi connectivity index (χ2v) is 2.69. The topological polar surface area (TPSA) is 61.0 Å². The number of hydrogen-bond acceptors (Lipinski definition) is 5. The smallest absolute Gasteiger partial charge is 0.374 e. The van der Waals surface area contributed by atoms with Crippen LogP contribution in [0.15, 0.2) is 21.5 Å². The minimum atomic E-state index is -0.523. The zero-order valence-corrected chi connectivity index (χ0v) is 8.94. The van der Waals surface area contributed by atoms with Crippen molar-refractivity contribution in [2.45, 2.75) is 13.8 Å². The van der Waals surface area contributed by atoms with E-state index in [1.165, 1.54) is 13.2 Å². The van der Waals surface area contributed by atoms with Crippen LogP contribution in [0.5, 0.6) is 0 Å². The lowest BCUT2D eigenvalue weighted by molar-refractivity contribution is 0.0566. The van der Waals surface area contributed by atoms with Gasteiger partial charge >= 0.3 is 5.97 Å². The van der Waals surface area contributed by atoms with Gasteiger partial charge in [0.1, 0.15) is 0 Å². The second-order valence-electron chi connectivity index (χ2n) is 2.69. The molecule has 0 aliphatic heterocycles. The van der Waals surface area contributed by atoms with Crippen LogP contribution >= 0.6 is 0 Å². The minimum Gasteiger partial charge on any atom is -0.481 e. The van der Waals surface area contributed by atoms with Gasteiger partial charge in [-0.05, 0) is 13.0 Å². The summed E-state index contributed by atoms with van der Waals surface area (Å²) in [5.74, 6) is 0.413. The molecular weight excluding hydrogens is 198 g/mol. The Kier molecular flexibility index (Phi) is 3.91. The zero-order chi connectivity index (χ0) is 11.3. The van der Waals surface area contributed by atoms with Crippen LogP contribution in [0.1, 0.15) is 24.4 Å². The average Bonchev–Trinajstić information content (AvgIpc) is 2.65. The quantitative estimate of drug-likeness (QED) is 0.436. The Balaban J connectivity index is 2.76. The van der Waals surface area contributed by atoms with E-state index in [0.717, 1.165) is 0 Å². The van der Waals surface area contributed by atoms with E-state index in [-0.39, 0.29) is 5.76 Å². The van der Waals surface area contributed by atoms with Crippen molar-refractivity contribution in [2.24, 2.45) is 4.99 Å². The molecule has 0 bridgehead atoms. The zero-order valence-electron chi connectivity index (χ0n) is 8.94. The van der Waals surface area contributed by atoms with Crippen molar-refractivity contribution in [3.05, 3.63) is 17.9 Å². The monoisotopic (exact) mass is 211 g/mol. The van der Waals surface area contributed by atoms with E-state index in [1.54, 1.807) is 13.0 Å². The Bertz CT molecular complexity index is 367. The highest BCUT2D eigenvalue weighted by molar-refractivity contribution is 5.86. The largest absolute Gasteiger partial charge is 0.481 e. The van der Waals surface area contributed by atoms with Gasteiger partial charge in [0.05, 0.1) is 13.7 Å². The maximum absolute atomic E-state index is 11.0. The molecular formula is C10H13NO4. The Hall–Kier alpha value is -1.78. The molecule has 1 aromatic heterocycles. The summed E-state index contributed by atoms with van der Waals surface area (Å²) in [5.41, 5.74) is 0. The van der Waals surface area contributed by atoms with Gasteiger partial charge in [-0.3, -0.25) is 0 Å². The summed E-state index contributed by atoms with van der Waals surface area (Å²) >= 11 is 0. The SMILES string of the molecule is CCO/C(C)=N/c1ccc(C(=O)OC)o1. The van der Waals surface area contributed by atoms with Crippen molar-refractivity contribution < 1.29 is 18.7 Å². The van der Waals surface area contributed by atoms with Crippen molar-refractivity contribution >= 4 is 17.8 Å². The van der Waals surface area contributed by atoms with Gasteiger partial charge < -0.3 is 13.9 Å². The molecule has 0 radical (unpaired) electrons. The van der Waals surface area contributed by atoms with Crippen LogP contribution in [-0.2, 0) is 9.47 Å². The lowest BCUT2D eigenvalue weighted by Gasteiger charge is -1.98. The second kappa shape index (κ2) is 5.19. The van der Waals surface area contributed by atoms with Crippen LogP contribution in [0.25, 0.3) is 0 Å². The number of esters is 1. The third kappa shape index (κ3) is 3.12. The van der Waals surface area contributed by atoms with Crippen LogP contribution in [0, 0.1) is 0 Å². The summed E-state index contributed by atoms with van der Waals surface area (Å²) in [5, 5.41) is 0. The van der Waals surface area contributed by atoms with Crippen molar-refractivity contribution in [2.75, 3.05) is 13.7 Å². The molecule has 0 unspecified atom stereocenters. The van der Waals surface area contributed by atoms with Gasteiger partial charge in [0, 0.05) is 13.0 Å². The summed E-state index contributed by atoms with van der Waals surface area (Å²) in [6, 6.07) is 3.08. The number of carbonyl (C=O) groups excluding carboxylic acids is 1.